The zero-order chi connectivity index (χ0) is 19.6. The largest absolute Gasteiger partial charge is 0.356 e. The number of piperazine rings is 1. The van der Waals surface area contributed by atoms with Gasteiger partial charge in [0.25, 0.3) is 0 Å². The smallest absolute Gasteiger partial charge is 0.225 e. The van der Waals surface area contributed by atoms with Gasteiger partial charge in [-0.25, -0.2) is 9.97 Å². The summed E-state index contributed by atoms with van der Waals surface area (Å²) >= 11 is 1.75. The zero-order valence-corrected chi connectivity index (χ0v) is 17.7. The Kier molecular flexibility index (Phi) is 8.05. The van der Waals surface area contributed by atoms with Gasteiger partial charge in [-0.3, -0.25) is 9.89 Å². The molecule has 0 spiro atoms. The second-order valence-electron chi connectivity index (χ2n) is 7.07. The first-order valence-corrected chi connectivity index (χ1v) is 10.9. The van der Waals surface area contributed by atoms with Crippen LogP contribution in [0.2, 0.25) is 0 Å². The quantitative estimate of drug-likeness (QED) is 0.401. The molecular weight excluding hydrogens is 370 g/mol. The Bertz CT molecular complexity index is 697. The van der Waals surface area contributed by atoms with Crippen LogP contribution in [0.4, 0.5) is 5.95 Å². The minimum Gasteiger partial charge on any atom is -0.356 e. The number of aliphatic imine (C=N–C) groups is 1. The summed E-state index contributed by atoms with van der Waals surface area (Å²) in [4.78, 5) is 17.8. The van der Waals surface area contributed by atoms with E-state index in [1.54, 1.807) is 11.3 Å². The summed E-state index contributed by atoms with van der Waals surface area (Å²) in [6.45, 7) is 9.24. The molecule has 2 aromatic rings. The zero-order valence-electron chi connectivity index (χ0n) is 16.8. The average Bonchev–Trinajstić information content (AvgIpc) is 3.29. The van der Waals surface area contributed by atoms with Gasteiger partial charge < -0.3 is 15.5 Å². The molecule has 8 heteroatoms. The number of anilines is 1. The van der Waals surface area contributed by atoms with Gasteiger partial charge in [0.15, 0.2) is 5.96 Å². The molecule has 3 rings (SSSR count). The molecule has 7 nitrogen and oxygen atoms in total. The molecule has 28 heavy (non-hydrogen) atoms. The fraction of sp³-hybridized carbons (Fsp3) is 0.550. The summed E-state index contributed by atoms with van der Waals surface area (Å²) in [5.41, 5.74) is 1.38. The Labute approximate surface area is 171 Å². The topological polar surface area (TPSA) is 68.7 Å². The standard InChI is InChI=1S/C20H31N7S/c1-17(18-5-14-28-16-18)15-25-19(21-2)22-8-4-9-26-10-12-27(13-11-26)20-23-6-3-7-24-20/h3,5-7,14,16-17H,4,8-13,15H2,1-2H3,(H2,21,22,25). The molecule has 152 valence electrons. The number of nitrogens with one attached hydrogen (secondary N) is 2. The third-order valence-corrected chi connectivity index (χ3v) is 5.76. The van der Waals surface area contributed by atoms with Crippen molar-refractivity contribution in [3.05, 3.63) is 40.8 Å². The molecule has 0 saturated carbocycles. The minimum absolute atomic E-state index is 0.481. The minimum atomic E-state index is 0.481. The summed E-state index contributed by atoms with van der Waals surface area (Å²) in [6.07, 6.45) is 4.72. The molecule has 0 aromatic carbocycles. The van der Waals surface area contributed by atoms with Gasteiger partial charge in [-0.2, -0.15) is 11.3 Å². The van der Waals surface area contributed by atoms with Crippen molar-refractivity contribution in [1.29, 1.82) is 0 Å². The Hall–Kier alpha value is -2.19. The Morgan fingerprint density at radius 3 is 2.68 bits per heavy atom. The van der Waals surface area contributed by atoms with Crippen molar-refractivity contribution in [2.24, 2.45) is 4.99 Å². The SMILES string of the molecule is CN=C(NCCCN1CCN(c2ncccn2)CC1)NCC(C)c1ccsc1. The maximum atomic E-state index is 4.34. The van der Waals surface area contributed by atoms with E-state index in [9.17, 15) is 0 Å². The lowest BCUT2D eigenvalue weighted by molar-refractivity contribution is 0.254. The normalized spacial score (nSPS) is 16.8. The monoisotopic (exact) mass is 401 g/mol. The van der Waals surface area contributed by atoms with Crippen LogP contribution < -0.4 is 15.5 Å². The first-order valence-electron chi connectivity index (χ1n) is 9.97. The van der Waals surface area contributed by atoms with E-state index in [0.717, 1.165) is 64.1 Å². The maximum Gasteiger partial charge on any atom is 0.225 e. The van der Waals surface area contributed by atoms with Crippen molar-refractivity contribution in [3.8, 4) is 0 Å². The predicted molar refractivity (Wildman–Crippen MR) is 117 cm³/mol. The Balaban J connectivity index is 1.29. The second-order valence-corrected chi connectivity index (χ2v) is 7.85. The molecular formula is C20H31N7S. The van der Waals surface area contributed by atoms with Crippen LogP contribution in [0.5, 0.6) is 0 Å². The molecule has 2 aromatic heterocycles. The highest BCUT2D eigenvalue weighted by Crippen LogP contribution is 2.17. The van der Waals surface area contributed by atoms with Crippen molar-refractivity contribution >= 4 is 23.2 Å². The van der Waals surface area contributed by atoms with Gasteiger partial charge in [-0.15, -0.1) is 0 Å². The van der Waals surface area contributed by atoms with Crippen LogP contribution in [0.3, 0.4) is 0 Å². The van der Waals surface area contributed by atoms with Crippen LogP contribution in [0.25, 0.3) is 0 Å². The van der Waals surface area contributed by atoms with Crippen LogP contribution in [-0.2, 0) is 0 Å². The van der Waals surface area contributed by atoms with E-state index in [-0.39, 0.29) is 0 Å². The van der Waals surface area contributed by atoms with Gasteiger partial charge in [0.1, 0.15) is 0 Å². The fourth-order valence-corrected chi connectivity index (χ4v) is 4.06. The molecule has 0 aliphatic carbocycles. The Morgan fingerprint density at radius 2 is 2.00 bits per heavy atom. The maximum absolute atomic E-state index is 4.34. The molecule has 1 fully saturated rings. The third-order valence-electron chi connectivity index (χ3n) is 5.06. The number of hydrogen-bond donors (Lipinski definition) is 2. The molecule has 0 radical (unpaired) electrons. The Morgan fingerprint density at radius 1 is 1.21 bits per heavy atom. The van der Waals surface area contributed by atoms with Crippen molar-refractivity contribution in [3.63, 3.8) is 0 Å². The molecule has 2 N–H and O–H groups in total. The number of hydrogen-bond acceptors (Lipinski definition) is 6. The molecule has 0 amide bonds. The summed E-state index contributed by atoms with van der Waals surface area (Å²) < 4.78 is 0. The second kappa shape index (κ2) is 11.0. The molecule has 1 aliphatic heterocycles. The van der Waals surface area contributed by atoms with Gasteiger partial charge in [-0.1, -0.05) is 6.92 Å². The highest BCUT2D eigenvalue weighted by Gasteiger charge is 2.18. The molecule has 1 atom stereocenters. The van der Waals surface area contributed by atoms with Gasteiger partial charge in [0, 0.05) is 58.7 Å². The van der Waals surface area contributed by atoms with E-state index in [2.05, 4.69) is 59.1 Å². The first-order chi connectivity index (χ1) is 13.8. The van der Waals surface area contributed by atoms with E-state index in [4.69, 9.17) is 0 Å². The molecule has 1 aliphatic rings. The number of rotatable bonds is 8. The summed E-state index contributed by atoms with van der Waals surface area (Å²) in [5.74, 6) is 2.21. The summed E-state index contributed by atoms with van der Waals surface area (Å²) in [5, 5.41) is 11.2. The molecule has 0 bridgehead atoms. The number of guanidine groups is 1. The van der Waals surface area contributed by atoms with Gasteiger partial charge in [0.2, 0.25) is 5.95 Å². The number of thiophene rings is 1. The van der Waals surface area contributed by atoms with Crippen LogP contribution in [-0.4, -0.2) is 73.7 Å². The van der Waals surface area contributed by atoms with Crippen molar-refractivity contribution in [2.45, 2.75) is 19.3 Å². The lowest BCUT2D eigenvalue weighted by Gasteiger charge is -2.34. The predicted octanol–water partition coefficient (Wildman–Crippen LogP) is 2.02. The van der Waals surface area contributed by atoms with Crippen LogP contribution >= 0.6 is 11.3 Å². The van der Waals surface area contributed by atoms with Crippen molar-refractivity contribution < 1.29 is 0 Å². The highest BCUT2D eigenvalue weighted by atomic mass is 32.1. The molecule has 1 saturated heterocycles. The van der Waals surface area contributed by atoms with Crippen LogP contribution in [0, 0.1) is 0 Å². The average molecular weight is 402 g/mol. The summed E-state index contributed by atoms with van der Waals surface area (Å²) in [6, 6.07) is 4.05. The van der Waals surface area contributed by atoms with Crippen LogP contribution in [0.1, 0.15) is 24.8 Å². The lowest BCUT2D eigenvalue weighted by atomic mass is 10.1. The molecule has 1 unspecified atom stereocenters. The lowest BCUT2D eigenvalue weighted by Crippen LogP contribution is -2.47. The summed E-state index contributed by atoms with van der Waals surface area (Å²) in [7, 11) is 1.83. The van der Waals surface area contributed by atoms with Gasteiger partial charge >= 0.3 is 0 Å². The van der Waals surface area contributed by atoms with E-state index < -0.39 is 0 Å². The van der Waals surface area contributed by atoms with E-state index >= 15 is 0 Å². The van der Waals surface area contributed by atoms with E-state index in [0.29, 0.717) is 5.92 Å². The number of nitrogens with zero attached hydrogens (tertiary/aromatic N) is 5. The number of aromatic nitrogens is 2. The van der Waals surface area contributed by atoms with Crippen molar-refractivity contribution in [1.82, 2.24) is 25.5 Å². The fourth-order valence-electron chi connectivity index (χ4n) is 3.28. The third kappa shape index (κ3) is 6.17. The van der Waals surface area contributed by atoms with Crippen LogP contribution in [0.15, 0.2) is 40.3 Å². The van der Waals surface area contributed by atoms with Crippen molar-refractivity contribution in [2.75, 3.05) is 57.8 Å². The highest BCUT2D eigenvalue weighted by molar-refractivity contribution is 7.07. The first kappa shape index (κ1) is 20.5. The van der Waals surface area contributed by atoms with E-state index in [1.807, 2.05) is 25.5 Å². The molecule has 3 heterocycles. The van der Waals surface area contributed by atoms with Gasteiger partial charge in [0.05, 0.1) is 0 Å². The van der Waals surface area contributed by atoms with E-state index in [1.165, 1.54) is 5.56 Å². The van der Waals surface area contributed by atoms with Gasteiger partial charge in [-0.05, 0) is 47.3 Å².